The molecule has 0 amide bonds. The Morgan fingerprint density at radius 2 is 0.900 bits per heavy atom. The summed E-state index contributed by atoms with van der Waals surface area (Å²) < 4.78 is 0. The molecular formula is C9H19As. The summed E-state index contributed by atoms with van der Waals surface area (Å²) in [5.41, 5.74) is 0. The Morgan fingerprint density at radius 3 is 1.40 bits per heavy atom. The van der Waals surface area contributed by atoms with Gasteiger partial charge in [0, 0.05) is 0 Å². The van der Waals surface area contributed by atoms with Gasteiger partial charge in [0.15, 0.2) is 0 Å². The van der Waals surface area contributed by atoms with Crippen molar-refractivity contribution < 1.29 is 0 Å². The third-order valence-corrected chi connectivity index (χ3v) is 5.17. The van der Waals surface area contributed by atoms with Crippen LogP contribution in [0, 0.1) is 0 Å². The summed E-state index contributed by atoms with van der Waals surface area (Å²) in [7, 11) is 0. The van der Waals surface area contributed by atoms with Gasteiger partial charge in [-0.25, -0.2) is 0 Å². The maximum absolute atomic E-state index is 1.62. The fourth-order valence-corrected chi connectivity index (χ4v) is 4.13. The van der Waals surface area contributed by atoms with Gasteiger partial charge >= 0.3 is 71.1 Å². The quantitative estimate of drug-likeness (QED) is 0.530. The van der Waals surface area contributed by atoms with Gasteiger partial charge in [-0.1, -0.05) is 0 Å². The monoisotopic (exact) mass is 202 g/mol. The van der Waals surface area contributed by atoms with Gasteiger partial charge in [-0.05, 0) is 0 Å². The summed E-state index contributed by atoms with van der Waals surface area (Å²) in [6.45, 7) is 0. The SMILES string of the molecule is C1CCCC[AsH]CCCC1. The van der Waals surface area contributed by atoms with E-state index in [1.54, 1.807) is 23.3 Å². The number of rotatable bonds is 0. The van der Waals surface area contributed by atoms with Crippen LogP contribution in [0.4, 0.5) is 0 Å². The third-order valence-electron chi connectivity index (χ3n) is 2.21. The Labute approximate surface area is 71.5 Å². The van der Waals surface area contributed by atoms with Crippen molar-refractivity contribution in [3.8, 4) is 0 Å². The average molecular weight is 202 g/mol. The molecule has 1 rings (SSSR count). The molecule has 0 bridgehead atoms. The summed E-state index contributed by atoms with van der Waals surface area (Å²) >= 11 is 0.522. The van der Waals surface area contributed by atoms with Crippen molar-refractivity contribution in [2.24, 2.45) is 0 Å². The molecule has 0 aliphatic carbocycles. The van der Waals surface area contributed by atoms with Crippen LogP contribution in [0.15, 0.2) is 0 Å². The van der Waals surface area contributed by atoms with Gasteiger partial charge in [0.1, 0.15) is 0 Å². The van der Waals surface area contributed by atoms with Crippen LogP contribution in [0.1, 0.15) is 44.9 Å². The molecule has 0 N–H and O–H groups in total. The molecular weight excluding hydrogens is 183 g/mol. The molecule has 1 heteroatoms. The van der Waals surface area contributed by atoms with Crippen molar-refractivity contribution in [2.75, 3.05) is 0 Å². The van der Waals surface area contributed by atoms with Crippen molar-refractivity contribution in [2.45, 2.75) is 55.4 Å². The molecule has 0 aromatic rings. The average Bonchev–Trinajstić information content (AvgIpc) is 2.01. The van der Waals surface area contributed by atoms with E-state index in [1.165, 1.54) is 32.1 Å². The maximum atomic E-state index is 1.62. The normalized spacial score (nSPS) is 24.0. The molecule has 1 heterocycles. The zero-order valence-electron chi connectivity index (χ0n) is 6.86. The van der Waals surface area contributed by atoms with Crippen molar-refractivity contribution in [3.63, 3.8) is 0 Å². The second-order valence-electron chi connectivity index (χ2n) is 3.22. The van der Waals surface area contributed by atoms with Gasteiger partial charge in [-0.3, -0.25) is 0 Å². The Kier molecular flexibility index (Phi) is 5.43. The predicted molar refractivity (Wildman–Crippen MR) is 49.1 cm³/mol. The van der Waals surface area contributed by atoms with E-state index < -0.39 is 0 Å². The molecule has 0 nitrogen and oxygen atoms in total. The van der Waals surface area contributed by atoms with E-state index in [4.69, 9.17) is 0 Å². The summed E-state index contributed by atoms with van der Waals surface area (Å²) in [5.74, 6) is 0. The van der Waals surface area contributed by atoms with Crippen LogP contribution in [-0.2, 0) is 0 Å². The van der Waals surface area contributed by atoms with Crippen molar-refractivity contribution in [1.29, 1.82) is 0 Å². The van der Waals surface area contributed by atoms with E-state index in [2.05, 4.69) is 0 Å². The van der Waals surface area contributed by atoms with Crippen LogP contribution in [-0.4, -0.2) is 15.8 Å². The molecule has 0 saturated carbocycles. The summed E-state index contributed by atoms with van der Waals surface area (Å²) in [5, 5.41) is 3.25. The minimum absolute atomic E-state index is 0.522. The number of hydrogen-bond donors (Lipinski definition) is 0. The van der Waals surface area contributed by atoms with Gasteiger partial charge in [0.05, 0.1) is 0 Å². The molecule has 0 atom stereocenters. The molecule has 0 unspecified atom stereocenters. The minimum atomic E-state index is 0.522. The van der Waals surface area contributed by atoms with Gasteiger partial charge in [-0.2, -0.15) is 0 Å². The topological polar surface area (TPSA) is 0 Å². The standard InChI is InChI=1S/C9H19As/c1-2-4-6-8-10-9-7-5-3-1/h10H,1-9H2. The molecule has 60 valence electrons. The van der Waals surface area contributed by atoms with Gasteiger partial charge in [-0.15, -0.1) is 0 Å². The second-order valence-corrected chi connectivity index (χ2v) is 6.37. The molecule has 1 aliphatic heterocycles. The van der Waals surface area contributed by atoms with Crippen LogP contribution in [0.3, 0.4) is 0 Å². The van der Waals surface area contributed by atoms with E-state index in [0.717, 1.165) is 0 Å². The summed E-state index contributed by atoms with van der Waals surface area (Å²) in [6, 6.07) is 0. The molecule has 0 aromatic carbocycles. The van der Waals surface area contributed by atoms with E-state index in [9.17, 15) is 0 Å². The van der Waals surface area contributed by atoms with Crippen LogP contribution in [0.25, 0.3) is 0 Å². The molecule has 1 aliphatic rings. The zero-order chi connectivity index (χ0) is 7.07. The van der Waals surface area contributed by atoms with E-state index >= 15 is 0 Å². The summed E-state index contributed by atoms with van der Waals surface area (Å²) in [6.07, 6.45) is 10.7. The first kappa shape index (κ1) is 8.65. The van der Waals surface area contributed by atoms with E-state index in [0.29, 0.717) is 15.8 Å². The molecule has 0 aromatic heterocycles. The Bertz CT molecular complexity index is 37.9. The van der Waals surface area contributed by atoms with E-state index in [-0.39, 0.29) is 0 Å². The Balaban J connectivity index is 2.00. The summed E-state index contributed by atoms with van der Waals surface area (Å²) in [4.78, 5) is 0. The first-order chi connectivity index (χ1) is 5.00. The van der Waals surface area contributed by atoms with Crippen LogP contribution in [0.5, 0.6) is 0 Å². The van der Waals surface area contributed by atoms with Crippen LogP contribution >= 0.6 is 0 Å². The molecule has 1 saturated heterocycles. The van der Waals surface area contributed by atoms with Crippen molar-refractivity contribution >= 4 is 15.8 Å². The van der Waals surface area contributed by atoms with Gasteiger partial charge in [0.2, 0.25) is 0 Å². The molecule has 0 spiro atoms. The second kappa shape index (κ2) is 6.28. The molecule has 0 radical (unpaired) electrons. The fourth-order valence-electron chi connectivity index (χ4n) is 1.51. The third kappa shape index (κ3) is 4.39. The zero-order valence-corrected chi connectivity index (χ0v) is 8.96. The Hall–Kier alpha value is 0.558. The van der Waals surface area contributed by atoms with Crippen molar-refractivity contribution in [3.05, 3.63) is 0 Å². The van der Waals surface area contributed by atoms with E-state index in [1.807, 2.05) is 0 Å². The first-order valence-electron chi connectivity index (χ1n) is 4.71. The van der Waals surface area contributed by atoms with Crippen LogP contribution in [0.2, 0.25) is 10.4 Å². The van der Waals surface area contributed by atoms with Crippen molar-refractivity contribution in [1.82, 2.24) is 0 Å². The fraction of sp³-hybridized carbons (Fsp3) is 1.00. The molecule has 10 heavy (non-hydrogen) atoms. The molecule has 1 fully saturated rings. The van der Waals surface area contributed by atoms with Gasteiger partial charge < -0.3 is 0 Å². The first-order valence-corrected chi connectivity index (χ1v) is 7.67. The van der Waals surface area contributed by atoms with Gasteiger partial charge in [0.25, 0.3) is 0 Å². The predicted octanol–water partition coefficient (Wildman–Crippen LogP) is 3.00. The number of hydrogen-bond acceptors (Lipinski definition) is 0. The van der Waals surface area contributed by atoms with Crippen LogP contribution < -0.4 is 0 Å². The Morgan fingerprint density at radius 1 is 0.500 bits per heavy atom.